The third-order valence-corrected chi connectivity index (χ3v) is 4.93. The van der Waals surface area contributed by atoms with Crippen molar-refractivity contribution < 1.29 is 19.0 Å². The third-order valence-electron chi connectivity index (χ3n) is 4.93. The Morgan fingerprint density at radius 3 is 2.00 bits per heavy atom. The van der Waals surface area contributed by atoms with E-state index in [1.165, 1.54) is 0 Å². The van der Waals surface area contributed by atoms with E-state index in [2.05, 4.69) is 5.32 Å². The van der Waals surface area contributed by atoms with E-state index in [1.807, 2.05) is 55.5 Å². The molecule has 2 aromatic rings. The summed E-state index contributed by atoms with van der Waals surface area (Å²) >= 11 is 0. The van der Waals surface area contributed by atoms with Gasteiger partial charge in [0.05, 0.1) is 26.7 Å². The van der Waals surface area contributed by atoms with Gasteiger partial charge in [-0.2, -0.15) is 0 Å². The Morgan fingerprint density at radius 1 is 0.962 bits per heavy atom. The molecule has 1 saturated heterocycles. The molecule has 0 unspecified atom stereocenters. The van der Waals surface area contributed by atoms with Crippen LogP contribution in [0.25, 0.3) is 0 Å². The minimum absolute atomic E-state index is 0.0482. The van der Waals surface area contributed by atoms with Crippen molar-refractivity contribution in [2.45, 2.75) is 18.9 Å². The van der Waals surface area contributed by atoms with E-state index in [1.54, 1.807) is 14.2 Å². The highest BCUT2D eigenvalue weighted by molar-refractivity contribution is 5.76. The average molecular weight is 355 g/mol. The predicted octanol–water partition coefficient (Wildman–Crippen LogP) is 3.31. The van der Waals surface area contributed by atoms with Crippen LogP contribution in [0.2, 0.25) is 0 Å². The number of nitrogens with one attached hydrogen (secondary N) is 1. The predicted molar refractivity (Wildman–Crippen MR) is 99.6 cm³/mol. The zero-order valence-electron chi connectivity index (χ0n) is 15.4. The summed E-state index contributed by atoms with van der Waals surface area (Å²) in [5.74, 6) is 1.20. The monoisotopic (exact) mass is 355 g/mol. The van der Waals surface area contributed by atoms with Gasteiger partial charge in [-0.3, -0.25) is 4.79 Å². The smallest absolute Gasteiger partial charge is 0.311 e. The minimum atomic E-state index is -0.281. The first-order chi connectivity index (χ1) is 12.7. The van der Waals surface area contributed by atoms with E-state index in [-0.39, 0.29) is 23.8 Å². The van der Waals surface area contributed by atoms with Crippen LogP contribution in [0, 0.1) is 5.92 Å². The highest BCUT2D eigenvalue weighted by Gasteiger charge is 2.43. The number of rotatable bonds is 6. The molecule has 26 heavy (non-hydrogen) atoms. The van der Waals surface area contributed by atoms with Gasteiger partial charge in [-0.05, 0) is 42.3 Å². The van der Waals surface area contributed by atoms with Gasteiger partial charge in [-0.15, -0.1) is 0 Å². The maximum absolute atomic E-state index is 12.7. The van der Waals surface area contributed by atoms with E-state index >= 15 is 0 Å². The standard InChI is InChI=1S/C21H25NO4/c1-4-26-21(23)19-18(14-5-9-16(24-2)10-6-14)13-22-20(19)15-7-11-17(25-3)12-8-15/h5-12,18-20,22H,4,13H2,1-3H3/t18-,19-,20+/m1/s1. The number of esters is 1. The van der Waals surface area contributed by atoms with E-state index < -0.39 is 0 Å². The van der Waals surface area contributed by atoms with Crippen LogP contribution in [0.4, 0.5) is 0 Å². The second-order valence-corrected chi connectivity index (χ2v) is 6.32. The van der Waals surface area contributed by atoms with E-state index in [9.17, 15) is 4.79 Å². The van der Waals surface area contributed by atoms with Crippen molar-refractivity contribution in [2.75, 3.05) is 27.4 Å². The van der Waals surface area contributed by atoms with E-state index in [0.717, 1.165) is 22.6 Å². The zero-order valence-corrected chi connectivity index (χ0v) is 15.4. The van der Waals surface area contributed by atoms with Gasteiger partial charge in [0.15, 0.2) is 0 Å². The van der Waals surface area contributed by atoms with Gasteiger partial charge in [0.25, 0.3) is 0 Å². The second kappa shape index (κ2) is 8.23. The number of methoxy groups -OCH3 is 2. The maximum Gasteiger partial charge on any atom is 0.311 e. The molecule has 0 spiro atoms. The third kappa shape index (κ3) is 3.68. The van der Waals surface area contributed by atoms with Gasteiger partial charge in [-0.25, -0.2) is 0 Å². The molecule has 1 aliphatic heterocycles. The minimum Gasteiger partial charge on any atom is -0.497 e. The molecule has 138 valence electrons. The second-order valence-electron chi connectivity index (χ2n) is 6.32. The van der Waals surface area contributed by atoms with Crippen LogP contribution in [0.1, 0.15) is 30.0 Å². The SMILES string of the molecule is CCOC(=O)[C@@H]1[C@@H](c2ccc(OC)cc2)CN[C@H]1c1ccc(OC)cc1. The topological polar surface area (TPSA) is 56.8 Å². The van der Waals surface area contributed by atoms with Gasteiger partial charge in [0.2, 0.25) is 0 Å². The molecule has 1 aliphatic rings. The normalized spacial score (nSPS) is 22.0. The molecule has 3 rings (SSSR count). The molecule has 3 atom stereocenters. The summed E-state index contributed by atoms with van der Waals surface area (Å²) in [5, 5.41) is 3.50. The van der Waals surface area contributed by atoms with E-state index in [0.29, 0.717) is 13.2 Å². The first-order valence-electron chi connectivity index (χ1n) is 8.85. The summed E-state index contributed by atoms with van der Waals surface area (Å²) in [6.45, 7) is 2.93. The molecular weight excluding hydrogens is 330 g/mol. The molecule has 0 radical (unpaired) electrons. The molecule has 0 saturated carbocycles. The van der Waals surface area contributed by atoms with Crippen molar-refractivity contribution in [3.63, 3.8) is 0 Å². The summed E-state index contributed by atoms with van der Waals surface area (Å²) in [6, 6.07) is 15.6. The Morgan fingerprint density at radius 2 is 1.50 bits per heavy atom. The van der Waals surface area contributed by atoms with Crippen molar-refractivity contribution >= 4 is 5.97 Å². The Labute approximate surface area is 154 Å². The number of hydrogen-bond acceptors (Lipinski definition) is 5. The van der Waals surface area contributed by atoms with Crippen LogP contribution in [0.5, 0.6) is 11.5 Å². The molecule has 1 fully saturated rings. The van der Waals surface area contributed by atoms with Crippen molar-refractivity contribution in [2.24, 2.45) is 5.92 Å². The van der Waals surface area contributed by atoms with E-state index in [4.69, 9.17) is 14.2 Å². The molecule has 1 heterocycles. The highest BCUT2D eigenvalue weighted by atomic mass is 16.5. The number of hydrogen-bond donors (Lipinski definition) is 1. The fourth-order valence-electron chi connectivity index (χ4n) is 3.59. The number of carbonyl (C=O) groups excluding carboxylic acids is 1. The summed E-state index contributed by atoms with van der Waals surface area (Å²) in [6.07, 6.45) is 0. The summed E-state index contributed by atoms with van der Waals surface area (Å²) in [7, 11) is 3.29. The first kappa shape index (κ1) is 18.3. The number of benzene rings is 2. The van der Waals surface area contributed by atoms with Crippen molar-refractivity contribution in [1.82, 2.24) is 5.32 Å². The quantitative estimate of drug-likeness (QED) is 0.806. The fraction of sp³-hybridized carbons (Fsp3) is 0.381. The number of ether oxygens (including phenoxy) is 3. The molecule has 2 aromatic carbocycles. The van der Waals surface area contributed by atoms with Gasteiger partial charge >= 0.3 is 5.97 Å². The molecule has 0 aliphatic carbocycles. The van der Waals surface area contributed by atoms with Crippen LogP contribution in [0.3, 0.4) is 0 Å². The molecular formula is C21H25NO4. The Hall–Kier alpha value is -2.53. The van der Waals surface area contributed by atoms with Gasteiger partial charge < -0.3 is 19.5 Å². The summed E-state index contributed by atoms with van der Waals surface area (Å²) in [5.41, 5.74) is 2.16. The Balaban J connectivity index is 1.90. The summed E-state index contributed by atoms with van der Waals surface area (Å²) < 4.78 is 15.9. The van der Waals surface area contributed by atoms with Crippen LogP contribution < -0.4 is 14.8 Å². The highest BCUT2D eigenvalue weighted by Crippen LogP contribution is 2.41. The van der Waals surface area contributed by atoms with Crippen LogP contribution in [0.15, 0.2) is 48.5 Å². The molecule has 0 amide bonds. The van der Waals surface area contributed by atoms with Crippen LogP contribution >= 0.6 is 0 Å². The zero-order chi connectivity index (χ0) is 18.5. The molecule has 5 heteroatoms. The lowest BCUT2D eigenvalue weighted by molar-refractivity contribution is -0.148. The largest absolute Gasteiger partial charge is 0.497 e. The fourth-order valence-corrected chi connectivity index (χ4v) is 3.59. The molecule has 1 N–H and O–H groups in total. The van der Waals surface area contributed by atoms with Gasteiger partial charge in [0, 0.05) is 18.5 Å². The average Bonchev–Trinajstić information content (AvgIpc) is 3.13. The maximum atomic E-state index is 12.7. The van der Waals surface area contributed by atoms with Crippen molar-refractivity contribution in [3.05, 3.63) is 59.7 Å². The lowest BCUT2D eigenvalue weighted by atomic mass is 9.83. The van der Waals surface area contributed by atoms with Crippen LogP contribution in [-0.2, 0) is 9.53 Å². The van der Waals surface area contributed by atoms with Gasteiger partial charge in [0.1, 0.15) is 11.5 Å². The lowest BCUT2D eigenvalue weighted by Gasteiger charge is -2.23. The summed E-state index contributed by atoms with van der Waals surface area (Å²) in [4.78, 5) is 12.7. The Bertz CT molecular complexity index is 671. The molecule has 5 nitrogen and oxygen atoms in total. The van der Waals surface area contributed by atoms with Gasteiger partial charge in [-0.1, -0.05) is 24.3 Å². The van der Waals surface area contributed by atoms with Crippen molar-refractivity contribution in [1.29, 1.82) is 0 Å². The van der Waals surface area contributed by atoms with Crippen LogP contribution in [-0.4, -0.2) is 33.3 Å². The molecule has 0 aromatic heterocycles. The van der Waals surface area contributed by atoms with Crippen molar-refractivity contribution in [3.8, 4) is 11.5 Å². The Kier molecular flexibility index (Phi) is 5.78. The lowest BCUT2D eigenvalue weighted by Crippen LogP contribution is -2.27. The number of carbonyl (C=O) groups is 1. The molecule has 0 bridgehead atoms. The first-order valence-corrected chi connectivity index (χ1v) is 8.85.